The van der Waals surface area contributed by atoms with Gasteiger partial charge in [-0.2, -0.15) is 0 Å². The second kappa shape index (κ2) is 13.6. The van der Waals surface area contributed by atoms with Crippen LogP contribution in [0.4, 0.5) is 11.4 Å². The number of imidazole rings is 1. The maximum Gasteiger partial charge on any atom is 0.333 e. The van der Waals surface area contributed by atoms with Gasteiger partial charge in [0.05, 0.1) is 27.5 Å². The van der Waals surface area contributed by atoms with Gasteiger partial charge in [-0.1, -0.05) is 135 Å². The zero-order valence-electron chi connectivity index (χ0n) is 41.0. The van der Waals surface area contributed by atoms with E-state index in [0.717, 1.165) is 44.7 Å². The second-order valence-corrected chi connectivity index (χ2v) is 24.0. The quantitative estimate of drug-likeness (QED) is 0.162. The molecule has 0 amide bonds. The van der Waals surface area contributed by atoms with Crippen LogP contribution in [0.2, 0.25) is 0 Å². The first kappa shape index (κ1) is 40.9. The molecule has 0 unspecified atom stereocenters. The molecule has 5 nitrogen and oxygen atoms in total. The summed E-state index contributed by atoms with van der Waals surface area (Å²) in [4.78, 5) is 8.14. The van der Waals surface area contributed by atoms with E-state index in [2.05, 4.69) is 223 Å². The van der Waals surface area contributed by atoms with Gasteiger partial charge in [-0.15, -0.1) is 11.3 Å². The average Bonchev–Trinajstić information content (AvgIpc) is 4.07. The normalized spacial score (nSPS) is 13.9. The van der Waals surface area contributed by atoms with Crippen LogP contribution in [0.15, 0.2) is 144 Å². The van der Waals surface area contributed by atoms with Crippen LogP contribution >= 0.6 is 11.3 Å². The van der Waals surface area contributed by atoms with Gasteiger partial charge in [-0.05, 0) is 116 Å². The topological polar surface area (TPSA) is 39.1 Å². The Kier molecular flexibility index (Phi) is 8.05. The Labute approximate surface area is 406 Å². The number of benzene rings is 8. The SMILES string of the molecule is Cn1c(-c2ccccc2)nc2cc3c(cc21)-n1c2ccc(C(C)(C)C)cc2c2c4oc5ccccc5c4c4c(c21)B3N(c1ccc(C(C)(C)C)cc1)c1cc2sc3ccc(C(C)(C)C)cc3c2cc1-4. The van der Waals surface area contributed by atoms with Gasteiger partial charge >= 0.3 is 6.85 Å². The third-order valence-corrected chi connectivity index (χ3v) is 16.7. The van der Waals surface area contributed by atoms with Gasteiger partial charge in [0.25, 0.3) is 0 Å². The van der Waals surface area contributed by atoms with Crippen molar-refractivity contribution in [3.8, 4) is 28.2 Å². The Bertz CT molecular complexity index is 4200. The van der Waals surface area contributed by atoms with Crippen LogP contribution in [0, 0.1) is 0 Å². The largest absolute Gasteiger partial charge is 0.455 e. The number of rotatable bonds is 2. The highest BCUT2D eigenvalue weighted by atomic mass is 32.1. The lowest BCUT2D eigenvalue weighted by Crippen LogP contribution is -2.60. The summed E-state index contributed by atoms with van der Waals surface area (Å²) < 4.78 is 14.8. The van der Waals surface area contributed by atoms with E-state index in [1.54, 1.807) is 0 Å². The third-order valence-electron chi connectivity index (χ3n) is 15.6. The summed E-state index contributed by atoms with van der Waals surface area (Å²) in [5, 5.41) is 7.33. The van der Waals surface area contributed by atoms with E-state index in [4.69, 9.17) is 9.40 Å². The minimum Gasteiger partial charge on any atom is -0.455 e. The summed E-state index contributed by atoms with van der Waals surface area (Å²) in [6.07, 6.45) is 0. The highest BCUT2D eigenvalue weighted by molar-refractivity contribution is 7.25. The van der Waals surface area contributed by atoms with Crippen molar-refractivity contribution in [1.82, 2.24) is 14.1 Å². The van der Waals surface area contributed by atoms with E-state index in [-0.39, 0.29) is 23.1 Å². The lowest BCUT2D eigenvalue weighted by atomic mass is 9.43. The number of fused-ring (bicyclic) bond motifs is 17. The van der Waals surface area contributed by atoms with Crippen molar-refractivity contribution in [1.29, 1.82) is 0 Å². The minimum atomic E-state index is -0.201. The molecule has 69 heavy (non-hydrogen) atoms. The van der Waals surface area contributed by atoms with E-state index in [1.165, 1.54) is 97.5 Å². The van der Waals surface area contributed by atoms with Crippen LogP contribution in [0.5, 0.6) is 0 Å². The fourth-order valence-corrected chi connectivity index (χ4v) is 13.0. The van der Waals surface area contributed by atoms with Crippen molar-refractivity contribution in [3.63, 3.8) is 0 Å². The molecule has 0 aliphatic carbocycles. The highest BCUT2D eigenvalue weighted by Crippen LogP contribution is 2.54. The van der Waals surface area contributed by atoms with E-state index in [1.807, 2.05) is 11.3 Å². The summed E-state index contributed by atoms with van der Waals surface area (Å²) >= 11 is 1.90. The monoisotopic (exact) mass is 912 g/mol. The summed E-state index contributed by atoms with van der Waals surface area (Å²) in [7, 11) is 2.16. The maximum atomic E-state index is 7.30. The van der Waals surface area contributed by atoms with E-state index in [9.17, 15) is 0 Å². The number of para-hydroxylation sites is 1. The molecule has 0 atom stereocenters. The van der Waals surface area contributed by atoms with Crippen molar-refractivity contribution in [2.75, 3.05) is 4.81 Å². The summed E-state index contributed by atoms with van der Waals surface area (Å²) in [5.41, 5.74) is 19.9. The molecular formula is C62H53BN4OS. The van der Waals surface area contributed by atoms with Crippen LogP contribution in [0.25, 0.3) is 103 Å². The predicted octanol–water partition coefficient (Wildman–Crippen LogP) is 15.7. The molecule has 0 saturated heterocycles. The molecule has 0 N–H and O–H groups in total. The average molecular weight is 913 g/mol. The fourth-order valence-electron chi connectivity index (χ4n) is 11.9. The number of aromatic nitrogens is 3. The zero-order valence-corrected chi connectivity index (χ0v) is 41.8. The fraction of sp³-hybridized carbons (Fsp3) is 0.210. The Morgan fingerprint density at radius 1 is 0.565 bits per heavy atom. The van der Waals surface area contributed by atoms with Gasteiger partial charge in [0.2, 0.25) is 0 Å². The van der Waals surface area contributed by atoms with E-state index >= 15 is 0 Å². The van der Waals surface area contributed by atoms with Crippen molar-refractivity contribution in [2.45, 2.75) is 78.6 Å². The van der Waals surface area contributed by atoms with Crippen molar-refractivity contribution in [3.05, 3.63) is 156 Å². The van der Waals surface area contributed by atoms with Gasteiger partial charge in [0, 0.05) is 71.6 Å². The summed E-state index contributed by atoms with van der Waals surface area (Å²) in [5.74, 6) is 0.956. The van der Waals surface area contributed by atoms with Crippen LogP contribution in [0.3, 0.4) is 0 Å². The molecule has 6 heterocycles. The van der Waals surface area contributed by atoms with Crippen LogP contribution < -0.4 is 15.7 Å². The van der Waals surface area contributed by atoms with Crippen LogP contribution in [0.1, 0.15) is 79.0 Å². The van der Waals surface area contributed by atoms with Gasteiger partial charge < -0.3 is 18.4 Å². The van der Waals surface area contributed by atoms with E-state index in [0.29, 0.717) is 0 Å². The predicted molar refractivity (Wildman–Crippen MR) is 296 cm³/mol. The van der Waals surface area contributed by atoms with Gasteiger partial charge in [0.1, 0.15) is 17.0 Å². The number of aryl methyl sites for hydroxylation is 1. The van der Waals surface area contributed by atoms with Gasteiger partial charge in [0.15, 0.2) is 0 Å². The molecule has 2 aliphatic heterocycles. The zero-order chi connectivity index (χ0) is 47.2. The molecule has 14 rings (SSSR count). The molecule has 12 aromatic rings. The maximum absolute atomic E-state index is 7.30. The first-order chi connectivity index (χ1) is 33.0. The molecule has 4 aromatic heterocycles. The molecule has 0 radical (unpaired) electrons. The Morgan fingerprint density at radius 3 is 1.97 bits per heavy atom. The molecule has 0 fully saturated rings. The first-order valence-electron chi connectivity index (χ1n) is 24.5. The number of anilines is 2. The Hall–Kier alpha value is -7.09. The van der Waals surface area contributed by atoms with Gasteiger partial charge in [-0.3, -0.25) is 0 Å². The first-order valence-corrected chi connectivity index (χ1v) is 25.3. The molecule has 0 bridgehead atoms. The standard InChI is InChI=1S/C62H53BN4OS/c1-60(2,3)35-20-24-38(25-21-35)67-47-33-52-41(40-28-37(62(7,8)9)23-27-51(40)69-52)30-43(47)53-54-39-18-14-15-19-50(39)68-58(54)55-42-29-36(61(4,5)6)22-26-46(42)66-48-32-49-45(31-44(48)63(67)56(53)57(55)66)64-59(65(49)10)34-16-12-11-13-17-34/h11-33H,1-10H3. The third kappa shape index (κ3) is 5.62. The van der Waals surface area contributed by atoms with Gasteiger partial charge in [-0.25, -0.2) is 4.98 Å². The number of nitrogens with zero attached hydrogens (tertiary/aromatic N) is 4. The number of thiophene rings is 1. The van der Waals surface area contributed by atoms with Crippen molar-refractivity contribution < 1.29 is 4.42 Å². The van der Waals surface area contributed by atoms with Crippen molar-refractivity contribution >= 4 is 115 Å². The Morgan fingerprint density at radius 2 is 1.23 bits per heavy atom. The molecular weight excluding hydrogens is 860 g/mol. The summed E-state index contributed by atoms with van der Waals surface area (Å²) in [6.45, 7) is 20.6. The van der Waals surface area contributed by atoms with Crippen molar-refractivity contribution in [2.24, 2.45) is 7.05 Å². The highest BCUT2D eigenvalue weighted by Gasteiger charge is 2.46. The number of hydrogen-bond acceptors (Lipinski definition) is 4. The second-order valence-electron chi connectivity index (χ2n) is 22.9. The van der Waals surface area contributed by atoms with E-state index < -0.39 is 0 Å². The molecule has 7 heteroatoms. The summed E-state index contributed by atoms with van der Waals surface area (Å²) in [6, 6.07) is 52.9. The lowest BCUT2D eigenvalue weighted by Gasteiger charge is -2.42. The lowest BCUT2D eigenvalue weighted by molar-refractivity contribution is 0.590. The number of hydrogen-bond donors (Lipinski definition) is 0. The molecule has 0 spiro atoms. The molecule has 336 valence electrons. The smallest absolute Gasteiger partial charge is 0.333 e. The Balaban J connectivity index is 1.21. The molecule has 8 aromatic carbocycles. The molecule has 0 saturated carbocycles. The van der Waals surface area contributed by atoms with Crippen LogP contribution in [-0.4, -0.2) is 21.0 Å². The molecule has 2 aliphatic rings. The van der Waals surface area contributed by atoms with Crippen LogP contribution in [-0.2, 0) is 23.3 Å². The number of furan rings is 1. The minimum absolute atomic E-state index is 0.00548.